The van der Waals surface area contributed by atoms with Crippen LogP contribution < -0.4 is 4.74 Å². The number of carbonyl (C=O) groups excluding carboxylic acids is 1. The fourth-order valence-corrected chi connectivity index (χ4v) is 1.79. The summed E-state index contributed by atoms with van der Waals surface area (Å²) >= 11 is 0. The Labute approximate surface area is 121 Å². The second-order valence-electron chi connectivity index (χ2n) is 4.28. The van der Waals surface area contributed by atoms with E-state index in [0.29, 0.717) is 16.9 Å². The van der Waals surface area contributed by atoms with E-state index in [9.17, 15) is 9.18 Å². The predicted molar refractivity (Wildman–Crippen MR) is 77.3 cm³/mol. The zero-order valence-electron chi connectivity index (χ0n) is 11.3. The van der Waals surface area contributed by atoms with Crippen molar-refractivity contribution in [3.63, 3.8) is 0 Å². The molecular weight excluding hydrogens is 269 g/mol. The maximum absolute atomic E-state index is 12.8. The number of nitriles is 1. The standard InChI is InChI=1S/C17H12FNO2/c1-21-16-4-2-3-13(10-16)17(20)14(11-19)9-12-5-7-15(18)8-6-12/h2-10H,1H3/b14-9+. The van der Waals surface area contributed by atoms with E-state index in [1.807, 2.05) is 6.07 Å². The summed E-state index contributed by atoms with van der Waals surface area (Å²) in [5.74, 6) is -0.231. The van der Waals surface area contributed by atoms with Crippen LogP contribution in [0.3, 0.4) is 0 Å². The zero-order valence-corrected chi connectivity index (χ0v) is 11.3. The van der Waals surface area contributed by atoms with Crippen LogP contribution in [0.2, 0.25) is 0 Å². The summed E-state index contributed by atoms with van der Waals surface area (Å²) in [4.78, 5) is 12.3. The monoisotopic (exact) mass is 281 g/mol. The first-order valence-electron chi connectivity index (χ1n) is 6.20. The van der Waals surface area contributed by atoms with Gasteiger partial charge in [-0.3, -0.25) is 4.79 Å². The maximum atomic E-state index is 12.8. The SMILES string of the molecule is COc1cccc(C(=O)/C(C#N)=C/c2ccc(F)cc2)c1. The fourth-order valence-electron chi connectivity index (χ4n) is 1.79. The van der Waals surface area contributed by atoms with Crippen LogP contribution in [-0.2, 0) is 0 Å². The van der Waals surface area contributed by atoms with Crippen molar-refractivity contribution in [1.82, 2.24) is 0 Å². The summed E-state index contributed by atoms with van der Waals surface area (Å²) in [6.45, 7) is 0. The largest absolute Gasteiger partial charge is 0.497 e. The van der Waals surface area contributed by atoms with E-state index < -0.39 is 5.78 Å². The minimum absolute atomic E-state index is 0.0186. The molecule has 0 aliphatic rings. The van der Waals surface area contributed by atoms with Crippen molar-refractivity contribution < 1.29 is 13.9 Å². The molecule has 0 heterocycles. The van der Waals surface area contributed by atoms with Crippen molar-refractivity contribution in [2.24, 2.45) is 0 Å². The van der Waals surface area contributed by atoms with Crippen molar-refractivity contribution in [3.8, 4) is 11.8 Å². The summed E-state index contributed by atoms with van der Waals surface area (Å²) in [5.41, 5.74) is 0.934. The van der Waals surface area contributed by atoms with Gasteiger partial charge in [0, 0.05) is 5.56 Å². The lowest BCUT2D eigenvalue weighted by Crippen LogP contribution is -2.02. The average molecular weight is 281 g/mol. The van der Waals surface area contributed by atoms with E-state index in [1.165, 1.54) is 37.5 Å². The molecule has 2 rings (SSSR count). The number of hydrogen-bond donors (Lipinski definition) is 0. The first kappa shape index (κ1) is 14.5. The summed E-state index contributed by atoms with van der Waals surface area (Å²) < 4.78 is 17.9. The van der Waals surface area contributed by atoms with Gasteiger partial charge in [-0.05, 0) is 35.9 Å². The highest BCUT2D eigenvalue weighted by molar-refractivity contribution is 6.14. The van der Waals surface area contributed by atoms with Gasteiger partial charge in [-0.2, -0.15) is 5.26 Å². The molecule has 0 aliphatic heterocycles. The van der Waals surface area contributed by atoms with Gasteiger partial charge >= 0.3 is 0 Å². The van der Waals surface area contributed by atoms with Crippen molar-refractivity contribution in [2.75, 3.05) is 7.11 Å². The Hall–Kier alpha value is -2.93. The third kappa shape index (κ3) is 3.54. The van der Waals surface area contributed by atoms with E-state index >= 15 is 0 Å². The molecule has 2 aromatic carbocycles. The van der Waals surface area contributed by atoms with Crippen LogP contribution in [0, 0.1) is 17.1 Å². The van der Waals surface area contributed by atoms with Crippen molar-refractivity contribution >= 4 is 11.9 Å². The number of methoxy groups -OCH3 is 1. The molecule has 4 heteroatoms. The minimum Gasteiger partial charge on any atom is -0.497 e. The molecule has 0 saturated heterocycles. The lowest BCUT2D eigenvalue weighted by Gasteiger charge is -2.03. The van der Waals surface area contributed by atoms with Crippen LogP contribution in [-0.4, -0.2) is 12.9 Å². The molecule has 0 aromatic heterocycles. The van der Waals surface area contributed by atoms with Crippen molar-refractivity contribution in [2.45, 2.75) is 0 Å². The molecule has 104 valence electrons. The van der Waals surface area contributed by atoms with E-state index in [-0.39, 0.29) is 11.4 Å². The minimum atomic E-state index is -0.402. The molecular formula is C17H12FNO2. The number of benzene rings is 2. The van der Waals surface area contributed by atoms with Gasteiger partial charge in [0.05, 0.1) is 7.11 Å². The summed E-state index contributed by atoms with van der Waals surface area (Å²) in [6, 6.07) is 14.0. The Kier molecular flexibility index (Phi) is 4.47. The molecule has 0 aliphatic carbocycles. The number of Topliss-reactive ketones (excluding diaryl/α,β-unsaturated/α-hetero) is 1. The van der Waals surface area contributed by atoms with Crippen LogP contribution in [0.4, 0.5) is 4.39 Å². The second kappa shape index (κ2) is 6.49. The molecule has 0 atom stereocenters. The topological polar surface area (TPSA) is 50.1 Å². The molecule has 2 aromatic rings. The molecule has 0 bridgehead atoms. The van der Waals surface area contributed by atoms with Gasteiger partial charge in [0.25, 0.3) is 0 Å². The number of halogens is 1. The first-order valence-corrected chi connectivity index (χ1v) is 6.20. The van der Waals surface area contributed by atoms with Gasteiger partial charge in [0.15, 0.2) is 0 Å². The highest BCUT2D eigenvalue weighted by Gasteiger charge is 2.12. The highest BCUT2D eigenvalue weighted by atomic mass is 19.1. The Morgan fingerprint density at radius 2 is 1.95 bits per heavy atom. The van der Waals surface area contributed by atoms with Gasteiger partial charge in [-0.15, -0.1) is 0 Å². The zero-order chi connectivity index (χ0) is 15.2. The van der Waals surface area contributed by atoms with Gasteiger partial charge in [-0.1, -0.05) is 24.3 Å². The van der Waals surface area contributed by atoms with Crippen LogP contribution in [0.1, 0.15) is 15.9 Å². The Balaban J connectivity index is 2.34. The normalized spacial score (nSPS) is 10.8. The number of ketones is 1. The first-order chi connectivity index (χ1) is 10.1. The molecule has 0 N–H and O–H groups in total. The summed E-state index contributed by atoms with van der Waals surface area (Å²) in [6.07, 6.45) is 1.43. The fraction of sp³-hybridized carbons (Fsp3) is 0.0588. The number of rotatable bonds is 4. The maximum Gasteiger partial charge on any atom is 0.203 e. The molecule has 0 radical (unpaired) electrons. The highest BCUT2D eigenvalue weighted by Crippen LogP contribution is 2.17. The van der Waals surface area contributed by atoms with Crippen LogP contribution >= 0.6 is 0 Å². The quantitative estimate of drug-likeness (QED) is 0.488. The van der Waals surface area contributed by atoms with Gasteiger partial charge in [-0.25, -0.2) is 4.39 Å². The van der Waals surface area contributed by atoms with Gasteiger partial charge < -0.3 is 4.74 Å². The Bertz CT molecular complexity index is 727. The second-order valence-corrected chi connectivity index (χ2v) is 4.28. The Morgan fingerprint density at radius 3 is 2.57 bits per heavy atom. The van der Waals surface area contributed by atoms with Crippen LogP contribution in [0.15, 0.2) is 54.1 Å². The molecule has 3 nitrogen and oxygen atoms in total. The number of ether oxygens (including phenoxy) is 1. The lowest BCUT2D eigenvalue weighted by atomic mass is 10.0. The molecule has 0 amide bonds. The summed E-state index contributed by atoms with van der Waals surface area (Å²) in [5, 5.41) is 9.16. The van der Waals surface area contributed by atoms with Gasteiger partial charge in [0.1, 0.15) is 23.2 Å². The Morgan fingerprint density at radius 1 is 1.24 bits per heavy atom. The third-order valence-corrected chi connectivity index (χ3v) is 2.88. The van der Waals surface area contributed by atoms with Crippen LogP contribution in [0.5, 0.6) is 5.75 Å². The lowest BCUT2D eigenvalue weighted by molar-refractivity contribution is 0.103. The van der Waals surface area contributed by atoms with Gasteiger partial charge in [0.2, 0.25) is 5.78 Å². The summed E-state index contributed by atoms with van der Waals surface area (Å²) in [7, 11) is 1.50. The van der Waals surface area contributed by atoms with E-state index in [0.717, 1.165) is 0 Å². The number of hydrogen-bond acceptors (Lipinski definition) is 3. The molecule has 21 heavy (non-hydrogen) atoms. The predicted octanol–water partition coefficient (Wildman–Crippen LogP) is 3.62. The van der Waals surface area contributed by atoms with Crippen molar-refractivity contribution in [1.29, 1.82) is 5.26 Å². The number of allylic oxidation sites excluding steroid dienone is 1. The van der Waals surface area contributed by atoms with E-state index in [4.69, 9.17) is 10.00 Å². The average Bonchev–Trinajstić information content (AvgIpc) is 2.53. The molecule has 0 spiro atoms. The van der Waals surface area contributed by atoms with Crippen molar-refractivity contribution in [3.05, 3.63) is 71.0 Å². The molecule has 0 fully saturated rings. The van der Waals surface area contributed by atoms with E-state index in [1.54, 1.807) is 24.3 Å². The smallest absolute Gasteiger partial charge is 0.203 e. The van der Waals surface area contributed by atoms with Crippen LogP contribution in [0.25, 0.3) is 6.08 Å². The number of carbonyl (C=O) groups is 1. The molecule has 0 unspecified atom stereocenters. The number of nitrogens with zero attached hydrogens (tertiary/aromatic N) is 1. The van der Waals surface area contributed by atoms with E-state index in [2.05, 4.69) is 0 Å². The third-order valence-electron chi connectivity index (χ3n) is 2.88. The molecule has 0 saturated carbocycles.